The van der Waals surface area contributed by atoms with Gasteiger partial charge in [0.2, 0.25) is 5.89 Å². The largest absolute Gasteiger partial charge is 0.507 e. The molecule has 0 saturated carbocycles. The summed E-state index contributed by atoms with van der Waals surface area (Å²) in [6, 6.07) is 5.11. The molecule has 140 valence electrons. The minimum absolute atomic E-state index is 0.0360. The predicted molar refractivity (Wildman–Crippen MR) is 99.2 cm³/mol. The van der Waals surface area contributed by atoms with Gasteiger partial charge in [-0.25, -0.2) is 4.98 Å². The number of hydrogen-bond donors (Lipinski definition) is 2. The molecule has 2 N–H and O–H groups in total. The number of carbonyl (C=O) groups is 1. The van der Waals surface area contributed by atoms with Crippen LogP contribution in [0.4, 0.5) is 0 Å². The van der Waals surface area contributed by atoms with E-state index in [9.17, 15) is 9.90 Å². The second-order valence-corrected chi connectivity index (χ2v) is 7.20. The van der Waals surface area contributed by atoms with Crippen molar-refractivity contribution in [3.63, 3.8) is 0 Å². The van der Waals surface area contributed by atoms with Gasteiger partial charge in [-0.3, -0.25) is 9.69 Å². The van der Waals surface area contributed by atoms with Gasteiger partial charge >= 0.3 is 0 Å². The maximum absolute atomic E-state index is 12.3. The first-order valence-corrected chi connectivity index (χ1v) is 9.15. The van der Waals surface area contributed by atoms with Crippen LogP contribution in [0.2, 0.25) is 0 Å². The third-order valence-corrected chi connectivity index (χ3v) is 5.09. The molecule has 1 saturated heterocycles. The van der Waals surface area contributed by atoms with Gasteiger partial charge in [-0.05, 0) is 70.3 Å². The molecule has 0 radical (unpaired) electrons. The first-order valence-electron chi connectivity index (χ1n) is 9.15. The molecule has 0 spiro atoms. The molecule has 1 aromatic carbocycles. The minimum atomic E-state index is -0.212. The third-order valence-electron chi connectivity index (χ3n) is 5.09. The van der Waals surface area contributed by atoms with E-state index in [0.717, 1.165) is 55.4 Å². The number of piperidine rings is 1. The van der Waals surface area contributed by atoms with E-state index in [0.29, 0.717) is 18.0 Å². The number of aromatic hydroxyl groups is 1. The van der Waals surface area contributed by atoms with E-state index in [1.807, 2.05) is 26.8 Å². The van der Waals surface area contributed by atoms with Crippen LogP contribution in [0.5, 0.6) is 5.75 Å². The molecular formula is C20H27N3O3. The molecule has 0 atom stereocenters. The number of amides is 1. The van der Waals surface area contributed by atoms with Crippen molar-refractivity contribution in [1.82, 2.24) is 15.2 Å². The topological polar surface area (TPSA) is 78.6 Å². The second kappa shape index (κ2) is 7.91. The zero-order chi connectivity index (χ0) is 18.7. The van der Waals surface area contributed by atoms with Crippen molar-refractivity contribution in [2.45, 2.75) is 40.2 Å². The molecule has 6 nitrogen and oxygen atoms in total. The van der Waals surface area contributed by atoms with Crippen molar-refractivity contribution >= 4 is 5.91 Å². The minimum Gasteiger partial charge on any atom is -0.507 e. The Bertz CT molecular complexity index is 757. The van der Waals surface area contributed by atoms with Gasteiger partial charge in [-0.15, -0.1) is 0 Å². The van der Waals surface area contributed by atoms with Crippen LogP contribution < -0.4 is 5.32 Å². The van der Waals surface area contributed by atoms with Crippen LogP contribution in [0.25, 0.3) is 0 Å². The lowest BCUT2D eigenvalue weighted by Gasteiger charge is -2.31. The fourth-order valence-corrected chi connectivity index (χ4v) is 3.31. The molecule has 1 aromatic heterocycles. The molecule has 1 fully saturated rings. The van der Waals surface area contributed by atoms with Crippen molar-refractivity contribution in [2.24, 2.45) is 5.92 Å². The predicted octanol–water partition coefficient (Wildman–Crippen LogP) is 2.95. The molecule has 0 bridgehead atoms. The summed E-state index contributed by atoms with van der Waals surface area (Å²) in [6.07, 6.45) is 2.05. The lowest BCUT2D eigenvalue weighted by molar-refractivity contribution is 0.0931. The number of oxazole rings is 1. The Balaban J connectivity index is 1.44. The Kier molecular flexibility index (Phi) is 5.61. The number of phenols is 1. The third kappa shape index (κ3) is 4.43. The number of phenolic OH excluding ortho intramolecular Hbond substituents is 1. The molecular weight excluding hydrogens is 330 g/mol. The first kappa shape index (κ1) is 18.5. The molecule has 6 heteroatoms. The number of aromatic nitrogens is 1. The van der Waals surface area contributed by atoms with E-state index in [-0.39, 0.29) is 11.7 Å². The summed E-state index contributed by atoms with van der Waals surface area (Å²) >= 11 is 0. The number of aryl methyl sites for hydroxylation is 3. The van der Waals surface area contributed by atoms with Crippen LogP contribution in [0, 0.1) is 26.7 Å². The number of carbonyl (C=O) groups excluding carboxylic acids is 1. The van der Waals surface area contributed by atoms with Gasteiger partial charge in [0.05, 0.1) is 17.8 Å². The van der Waals surface area contributed by atoms with Gasteiger partial charge < -0.3 is 14.8 Å². The highest BCUT2D eigenvalue weighted by Gasteiger charge is 2.22. The molecule has 3 rings (SSSR count). The second-order valence-electron chi connectivity index (χ2n) is 7.20. The van der Waals surface area contributed by atoms with Gasteiger partial charge in [0.15, 0.2) is 0 Å². The van der Waals surface area contributed by atoms with E-state index < -0.39 is 0 Å². The van der Waals surface area contributed by atoms with Gasteiger partial charge in [-0.1, -0.05) is 6.07 Å². The van der Waals surface area contributed by atoms with Crippen molar-refractivity contribution in [3.05, 3.63) is 46.7 Å². The van der Waals surface area contributed by atoms with E-state index in [4.69, 9.17) is 4.42 Å². The number of rotatable bonds is 5. The Labute approximate surface area is 154 Å². The summed E-state index contributed by atoms with van der Waals surface area (Å²) in [4.78, 5) is 19.0. The van der Waals surface area contributed by atoms with Crippen LogP contribution in [0.1, 0.15) is 46.1 Å². The molecule has 2 heterocycles. The van der Waals surface area contributed by atoms with Crippen LogP contribution in [-0.2, 0) is 6.54 Å². The molecule has 26 heavy (non-hydrogen) atoms. The van der Waals surface area contributed by atoms with E-state index in [2.05, 4.69) is 15.2 Å². The molecule has 1 aliphatic rings. The Hall–Kier alpha value is -2.34. The zero-order valence-electron chi connectivity index (χ0n) is 15.7. The van der Waals surface area contributed by atoms with Crippen molar-refractivity contribution < 1.29 is 14.3 Å². The summed E-state index contributed by atoms with van der Waals surface area (Å²) in [5.41, 5.74) is 2.22. The molecule has 1 aliphatic heterocycles. The highest BCUT2D eigenvalue weighted by molar-refractivity contribution is 5.96. The van der Waals surface area contributed by atoms with E-state index in [1.54, 1.807) is 12.1 Å². The smallest absolute Gasteiger partial charge is 0.255 e. The lowest BCUT2D eigenvalue weighted by atomic mass is 9.96. The van der Waals surface area contributed by atoms with Crippen molar-refractivity contribution in [1.29, 1.82) is 0 Å². The summed E-state index contributed by atoms with van der Waals surface area (Å²) in [5.74, 6) is 1.94. The van der Waals surface area contributed by atoms with Crippen molar-refractivity contribution in [2.75, 3.05) is 19.6 Å². The quantitative estimate of drug-likeness (QED) is 0.860. The first-order chi connectivity index (χ1) is 12.4. The average Bonchev–Trinajstić information content (AvgIpc) is 2.91. The van der Waals surface area contributed by atoms with Gasteiger partial charge in [-0.2, -0.15) is 0 Å². The van der Waals surface area contributed by atoms with Gasteiger partial charge in [0.1, 0.15) is 11.5 Å². The highest BCUT2D eigenvalue weighted by atomic mass is 16.4. The molecule has 0 unspecified atom stereocenters. The number of benzene rings is 1. The lowest BCUT2D eigenvalue weighted by Crippen LogP contribution is -2.38. The van der Waals surface area contributed by atoms with Gasteiger partial charge in [0, 0.05) is 6.54 Å². The molecule has 1 amide bonds. The number of hydrogen-bond acceptors (Lipinski definition) is 5. The van der Waals surface area contributed by atoms with Crippen LogP contribution in [0.15, 0.2) is 22.6 Å². The monoisotopic (exact) mass is 357 g/mol. The van der Waals surface area contributed by atoms with Crippen LogP contribution >= 0.6 is 0 Å². The van der Waals surface area contributed by atoms with E-state index >= 15 is 0 Å². The van der Waals surface area contributed by atoms with Crippen molar-refractivity contribution in [3.8, 4) is 5.75 Å². The summed E-state index contributed by atoms with van der Waals surface area (Å²) in [7, 11) is 0. The normalized spacial score (nSPS) is 16.0. The maximum Gasteiger partial charge on any atom is 0.255 e. The summed E-state index contributed by atoms with van der Waals surface area (Å²) in [6.45, 7) is 9.10. The fraction of sp³-hybridized carbons (Fsp3) is 0.500. The standard InChI is InChI=1S/C20H27N3O3/c1-13-4-5-17(18(24)10-13)20(25)21-11-16-6-8-23(9-7-16)12-19-22-14(2)15(3)26-19/h4-5,10,16,24H,6-9,11-12H2,1-3H3,(H,21,25). The number of likely N-dealkylation sites (tertiary alicyclic amines) is 1. The molecule has 0 aliphatic carbocycles. The fourth-order valence-electron chi connectivity index (χ4n) is 3.31. The Morgan fingerprint density at radius 3 is 2.65 bits per heavy atom. The molecule has 2 aromatic rings. The summed E-state index contributed by atoms with van der Waals surface area (Å²) in [5, 5.41) is 12.9. The van der Waals surface area contributed by atoms with Crippen LogP contribution in [0.3, 0.4) is 0 Å². The zero-order valence-corrected chi connectivity index (χ0v) is 15.7. The highest BCUT2D eigenvalue weighted by Crippen LogP contribution is 2.21. The Morgan fingerprint density at radius 1 is 1.31 bits per heavy atom. The average molecular weight is 357 g/mol. The number of nitrogens with one attached hydrogen (secondary N) is 1. The summed E-state index contributed by atoms with van der Waals surface area (Å²) < 4.78 is 5.66. The van der Waals surface area contributed by atoms with E-state index in [1.165, 1.54) is 0 Å². The Morgan fingerprint density at radius 2 is 2.04 bits per heavy atom. The van der Waals surface area contributed by atoms with Gasteiger partial charge in [0.25, 0.3) is 5.91 Å². The van der Waals surface area contributed by atoms with Crippen LogP contribution in [-0.4, -0.2) is 40.5 Å². The SMILES string of the molecule is Cc1ccc(C(=O)NCC2CCN(Cc3nc(C)c(C)o3)CC2)c(O)c1. The number of nitrogens with zero attached hydrogens (tertiary/aromatic N) is 2. The maximum atomic E-state index is 12.3.